The van der Waals surface area contributed by atoms with Crippen LogP contribution in [0.1, 0.15) is 35.6 Å². The van der Waals surface area contributed by atoms with Crippen molar-refractivity contribution in [2.75, 3.05) is 0 Å². The molecule has 0 aliphatic rings. The maximum Gasteiger partial charge on any atom is 0.254 e. The fourth-order valence-corrected chi connectivity index (χ4v) is 4.23. The van der Waals surface area contributed by atoms with Crippen molar-refractivity contribution in [1.82, 2.24) is 30.1 Å². The number of thiazole rings is 1. The first-order chi connectivity index (χ1) is 15.5. The number of amides is 1. The number of nitrogens with zero attached hydrogens (tertiary/aromatic N) is 5. The van der Waals surface area contributed by atoms with Crippen LogP contribution in [0.15, 0.2) is 54.0 Å². The van der Waals surface area contributed by atoms with E-state index in [1.165, 1.54) is 12.1 Å². The highest BCUT2D eigenvalue weighted by Gasteiger charge is 2.15. The number of fused-ring (bicyclic) bond motifs is 2. The highest BCUT2D eigenvalue weighted by Crippen LogP contribution is 2.23. The van der Waals surface area contributed by atoms with E-state index < -0.39 is 11.7 Å². The van der Waals surface area contributed by atoms with E-state index in [1.54, 1.807) is 34.1 Å². The number of hydrogen-bond acceptors (Lipinski definition) is 6. The van der Waals surface area contributed by atoms with Gasteiger partial charge in [0, 0.05) is 18.0 Å². The lowest BCUT2D eigenvalue weighted by molar-refractivity contribution is 0.0939. The van der Waals surface area contributed by atoms with Crippen molar-refractivity contribution in [2.45, 2.75) is 26.3 Å². The van der Waals surface area contributed by atoms with E-state index in [-0.39, 0.29) is 11.6 Å². The van der Waals surface area contributed by atoms with Crippen LogP contribution in [0.2, 0.25) is 0 Å². The molecule has 1 N–H and O–H groups in total. The van der Waals surface area contributed by atoms with Gasteiger partial charge in [-0.25, -0.2) is 9.37 Å². The smallest absolute Gasteiger partial charge is 0.254 e. The van der Waals surface area contributed by atoms with E-state index in [2.05, 4.69) is 31.7 Å². The van der Waals surface area contributed by atoms with E-state index in [0.717, 1.165) is 15.8 Å². The molecular formula is C23H19FN6OS. The second-order valence-electron chi connectivity index (χ2n) is 7.76. The van der Waals surface area contributed by atoms with Crippen molar-refractivity contribution in [3.05, 3.63) is 76.8 Å². The van der Waals surface area contributed by atoms with Crippen molar-refractivity contribution in [2.24, 2.45) is 0 Å². The number of aromatic nitrogens is 5. The number of rotatable bonds is 5. The molecule has 1 amide bonds. The third-order valence-electron chi connectivity index (χ3n) is 5.01. The van der Waals surface area contributed by atoms with Gasteiger partial charge in [-0.15, -0.1) is 21.5 Å². The Labute approximate surface area is 187 Å². The molecule has 9 heteroatoms. The highest BCUT2D eigenvalue weighted by molar-refractivity contribution is 7.16. The van der Waals surface area contributed by atoms with E-state index in [1.807, 2.05) is 31.5 Å². The molecule has 3 heterocycles. The first-order valence-corrected chi connectivity index (χ1v) is 11.0. The van der Waals surface area contributed by atoms with Gasteiger partial charge in [-0.2, -0.15) is 9.61 Å². The molecule has 160 valence electrons. The van der Waals surface area contributed by atoms with Gasteiger partial charge in [0.2, 0.25) is 0 Å². The van der Waals surface area contributed by atoms with Crippen molar-refractivity contribution in [3.8, 4) is 11.3 Å². The lowest BCUT2D eigenvalue weighted by Gasteiger charge is -2.10. The largest absolute Gasteiger partial charge is 0.350 e. The van der Waals surface area contributed by atoms with Crippen LogP contribution in [0.25, 0.3) is 27.1 Å². The summed E-state index contributed by atoms with van der Waals surface area (Å²) in [5.74, 6) is -0.352. The average Bonchev–Trinajstić information content (AvgIpc) is 3.39. The zero-order valence-corrected chi connectivity index (χ0v) is 18.2. The summed E-state index contributed by atoms with van der Waals surface area (Å²) < 4.78 is 17.4. The van der Waals surface area contributed by atoms with Crippen LogP contribution < -0.4 is 5.32 Å². The predicted molar refractivity (Wildman–Crippen MR) is 121 cm³/mol. The molecule has 0 bridgehead atoms. The Balaban J connectivity index is 1.47. The zero-order valence-electron chi connectivity index (χ0n) is 17.4. The first-order valence-electron chi connectivity index (χ1n) is 10.1. The van der Waals surface area contributed by atoms with Crippen molar-refractivity contribution in [3.63, 3.8) is 0 Å². The fourth-order valence-electron chi connectivity index (χ4n) is 3.49. The molecule has 0 spiro atoms. The summed E-state index contributed by atoms with van der Waals surface area (Å²) in [5, 5.41) is 15.8. The van der Waals surface area contributed by atoms with Crippen LogP contribution in [0.3, 0.4) is 0 Å². The van der Waals surface area contributed by atoms with Gasteiger partial charge < -0.3 is 5.32 Å². The SMILES string of the molecule is CC(C)NC(=O)c1ccc(-c2ccc3nnc(Cc4ccc5ncsc5c4)n3n2)cc1F. The Hall–Kier alpha value is -3.72. The number of nitrogens with one attached hydrogen (secondary N) is 1. The number of benzene rings is 2. The normalized spacial score (nSPS) is 11.5. The van der Waals surface area contributed by atoms with E-state index in [4.69, 9.17) is 0 Å². The van der Waals surface area contributed by atoms with Gasteiger partial charge >= 0.3 is 0 Å². The Bertz CT molecular complexity index is 1460. The van der Waals surface area contributed by atoms with Crippen LogP contribution in [0.5, 0.6) is 0 Å². The quantitative estimate of drug-likeness (QED) is 0.436. The Kier molecular flexibility index (Phi) is 5.10. The van der Waals surface area contributed by atoms with Gasteiger partial charge in [-0.1, -0.05) is 12.1 Å². The minimum Gasteiger partial charge on any atom is -0.350 e. The van der Waals surface area contributed by atoms with Crippen LogP contribution in [-0.4, -0.2) is 36.7 Å². The van der Waals surface area contributed by atoms with E-state index in [9.17, 15) is 9.18 Å². The van der Waals surface area contributed by atoms with Gasteiger partial charge in [0.05, 0.1) is 27.0 Å². The number of halogens is 1. The molecule has 5 rings (SSSR count). The molecule has 7 nitrogen and oxygen atoms in total. The fraction of sp³-hybridized carbons (Fsp3) is 0.174. The van der Waals surface area contributed by atoms with Crippen LogP contribution in [0, 0.1) is 5.82 Å². The minimum atomic E-state index is -0.593. The van der Waals surface area contributed by atoms with E-state index in [0.29, 0.717) is 29.1 Å². The minimum absolute atomic E-state index is 0.00646. The molecule has 3 aromatic heterocycles. The molecular weight excluding hydrogens is 427 g/mol. The van der Waals surface area contributed by atoms with Crippen molar-refractivity contribution < 1.29 is 9.18 Å². The third kappa shape index (κ3) is 3.82. The molecule has 0 aliphatic carbocycles. The molecule has 0 fully saturated rings. The summed E-state index contributed by atoms with van der Waals surface area (Å²) in [6, 6.07) is 14.1. The zero-order chi connectivity index (χ0) is 22.2. The van der Waals surface area contributed by atoms with Crippen LogP contribution >= 0.6 is 11.3 Å². The molecule has 0 unspecified atom stereocenters. The van der Waals surface area contributed by atoms with E-state index >= 15 is 0 Å². The van der Waals surface area contributed by atoms with Gasteiger partial charge in [0.15, 0.2) is 11.5 Å². The number of carbonyl (C=O) groups excluding carboxylic acids is 1. The Morgan fingerprint density at radius 1 is 1.12 bits per heavy atom. The second-order valence-corrected chi connectivity index (χ2v) is 8.65. The summed E-state index contributed by atoms with van der Waals surface area (Å²) in [5.41, 5.74) is 5.61. The average molecular weight is 447 g/mol. The summed E-state index contributed by atoms with van der Waals surface area (Å²) in [6.45, 7) is 3.66. The maximum absolute atomic E-state index is 14.6. The number of hydrogen-bond donors (Lipinski definition) is 1. The molecule has 2 aromatic carbocycles. The summed E-state index contributed by atoms with van der Waals surface area (Å²) in [4.78, 5) is 16.5. The standard InChI is InChI=1S/C23H19FN6OS/c1-13(2)26-23(31)16-5-4-15(11-17(16)24)18-7-8-21-27-28-22(30(21)29-18)10-14-3-6-19-20(9-14)32-12-25-19/h3-9,11-13H,10H2,1-2H3,(H,26,31). The monoisotopic (exact) mass is 446 g/mol. The third-order valence-corrected chi connectivity index (χ3v) is 5.81. The summed E-state index contributed by atoms with van der Waals surface area (Å²) >= 11 is 1.59. The molecule has 0 aliphatic heterocycles. The molecule has 32 heavy (non-hydrogen) atoms. The first kappa shape index (κ1) is 20.2. The summed E-state index contributed by atoms with van der Waals surface area (Å²) in [7, 11) is 0. The Morgan fingerprint density at radius 2 is 2.00 bits per heavy atom. The number of carbonyl (C=O) groups is 1. The van der Waals surface area contributed by atoms with Crippen LogP contribution in [-0.2, 0) is 6.42 Å². The molecule has 5 aromatic rings. The predicted octanol–water partition coefficient (Wildman–Crippen LogP) is 4.27. The van der Waals surface area contributed by atoms with Crippen molar-refractivity contribution in [1.29, 1.82) is 0 Å². The van der Waals surface area contributed by atoms with Gasteiger partial charge in [-0.3, -0.25) is 4.79 Å². The highest BCUT2D eigenvalue weighted by atomic mass is 32.1. The maximum atomic E-state index is 14.6. The summed E-state index contributed by atoms with van der Waals surface area (Å²) in [6.07, 6.45) is 0.550. The molecule has 0 atom stereocenters. The molecule has 0 radical (unpaired) electrons. The second kappa shape index (κ2) is 8.08. The lowest BCUT2D eigenvalue weighted by Crippen LogP contribution is -2.30. The topological polar surface area (TPSA) is 85.1 Å². The van der Waals surface area contributed by atoms with Crippen LogP contribution in [0.4, 0.5) is 4.39 Å². The van der Waals surface area contributed by atoms with Gasteiger partial charge in [0.25, 0.3) is 5.91 Å². The molecule has 0 saturated carbocycles. The lowest BCUT2D eigenvalue weighted by atomic mass is 10.1. The molecule has 0 saturated heterocycles. The van der Waals surface area contributed by atoms with Crippen molar-refractivity contribution >= 4 is 33.1 Å². The van der Waals surface area contributed by atoms with Gasteiger partial charge in [-0.05, 0) is 55.8 Å². The Morgan fingerprint density at radius 3 is 2.81 bits per heavy atom. The van der Waals surface area contributed by atoms with Gasteiger partial charge in [0.1, 0.15) is 5.82 Å².